The molecule has 2 aromatic rings. The first kappa shape index (κ1) is 64.8. The number of benzene rings is 1. The quantitative estimate of drug-likeness (QED) is 0.0462. The highest BCUT2D eigenvalue weighted by atomic mass is 16.7. The summed E-state index contributed by atoms with van der Waals surface area (Å²) in [7, 11) is 5.14. The summed E-state index contributed by atoms with van der Waals surface area (Å²) >= 11 is 0. The molecule has 3 aliphatic heterocycles. The first-order valence-corrected chi connectivity index (χ1v) is 28.1. The van der Waals surface area contributed by atoms with Gasteiger partial charge in [0.15, 0.2) is 18.7 Å². The van der Waals surface area contributed by atoms with E-state index in [1.54, 1.807) is 66.7 Å². The van der Waals surface area contributed by atoms with Gasteiger partial charge in [-0.05, 0) is 99.9 Å². The van der Waals surface area contributed by atoms with Crippen LogP contribution in [0.3, 0.4) is 0 Å². The van der Waals surface area contributed by atoms with Gasteiger partial charge in [0.25, 0.3) is 0 Å². The van der Waals surface area contributed by atoms with Gasteiger partial charge in [0.2, 0.25) is 5.43 Å². The zero-order valence-corrected chi connectivity index (χ0v) is 48.8. The van der Waals surface area contributed by atoms with E-state index in [1.807, 2.05) is 30.5 Å². The lowest BCUT2D eigenvalue weighted by atomic mass is 9.73. The number of cyclic esters (lactones) is 1. The molecular formula is C57H89N3O20. The van der Waals surface area contributed by atoms with Crippen molar-refractivity contribution in [3.8, 4) is 5.75 Å². The summed E-state index contributed by atoms with van der Waals surface area (Å²) in [6, 6.07) is 4.68. The average molecular weight is 1140 g/mol. The number of methoxy groups -OCH3 is 1. The Balaban J connectivity index is 1.11. The zero-order chi connectivity index (χ0) is 59.2. The highest BCUT2D eigenvalue weighted by Gasteiger charge is 2.54. The number of carbonyl (C=O) groups excluding carboxylic acids is 2. The molecule has 0 bridgehead atoms. The van der Waals surface area contributed by atoms with E-state index in [9.17, 15) is 49.9 Å². The van der Waals surface area contributed by atoms with Crippen molar-refractivity contribution in [2.24, 2.45) is 28.8 Å². The number of pyridine rings is 1. The SMILES string of the molecule is CC[C@H]1OC(=O)[C@H](C)[C@@H](O[C@H]2C[C@@](C)(OC)[C@@H](OC(=O)CCOCCOCCOc3ccc4c(=O)c(C(=O)O)cn(C5CC5)c4c3)[C@H](C)O2)[C@H](C)[C@@H](O[C@H]2O[C@@H](C)C[C@@H](N(C)C)[C@@H]2O)[C@](C)(O)C[C@@H](C)/C(=N\O)[C@H](C)[C@@H](O)[C@]1(C)O. The number of hydrogen-bond donors (Lipinski definition) is 6. The molecule has 18 atom stereocenters. The van der Waals surface area contributed by atoms with Crippen LogP contribution in [0.2, 0.25) is 0 Å². The topological polar surface area (TPSA) is 302 Å². The number of aliphatic hydroxyl groups is 4. The fourth-order valence-corrected chi connectivity index (χ4v) is 11.9. The Hall–Kier alpha value is -4.37. The van der Waals surface area contributed by atoms with Crippen molar-refractivity contribution in [2.45, 2.75) is 204 Å². The standard InChI is InChI=1S/C57H89N3O20/c1-14-42-57(10,69)49(64)32(4)45(58-70)30(2)27-55(8,68)50(80-54-47(63)41(59(11)12)25-31(3)75-54)33(5)48(34(6)53(67)77-42)79-44-28-56(9,71-13)51(35(7)76-44)78-43(61)19-20-72-21-22-73-23-24-74-37-17-18-38-40(26-37)60(36-15-16-36)29-39(46(38)62)52(65)66/h17-18,26,29-36,41-42,44,47-51,54,63-64,68-70H,14-16,19-25,27-28H2,1-13H3,(H,65,66)/b58-45+/t30-,31+,32+,33+,34-,35+,41-,42-,44+,47+,48+,49-,50-,51+,54-,55-,56-,57-/m1/s1. The van der Waals surface area contributed by atoms with Crippen LogP contribution in [0.1, 0.15) is 131 Å². The molecule has 6 N–H and O–H groups in total. The number of hydrogen-bond acceptors (Lipinski definition) is 21. The van der Waals surface area contributed by atoms with E-state index < -0.39 is 119 Å². The van der Waals surface area contributed by atoms with Crippen molar-refractivity contribution in [3.63, 3.8) is 0 Å². The van der Waals surface area contributed by atoms with E-state index in [1.165, 1.54) is 27.2 Å². The first-order chi connectivity index (χ1) is 37.6. The highest BCUT2D eigenvalue weighted by molar-refractivity contribution is 5.93. The Morgan fingerprint density at radius 1 is 0.887 bits per heavy atom. The van der Waals surface area contributed by atoms with Gasteiger partial charge < -0.3 is 87.6 Å². The molecule has 3 saturated heterocycles. The summed E-state index contributed by atoms with van der Waals surface area (Å²) in [5.41, 5.74) is -5.22. The lowest BCUT2D eigenvalue weighted by molar-refractivity contribution is -0.318. The monoisotopic (exact) mass is 1140 g/mol. The van der Waals surface area contributed by atoms with E-state index in [0.717, 1.165) is 12.8 Å². The van der Waals surface area contributed by atoms with Gasteiger partial charge in [-0.15, -0.1) is 0 Å². The van der Waals surface area contributed by atoms with Crippen molar-refractivity contribution >= 4 is 34.5 Å². The molecule has 0 spiro atoms. The van der Waals surface area contributed by atoms with Crippen LogP contribution in [0.4, 0.5) is 0 Å². The summed E-state index contributed by atoms with van der Waals surface area (Å²) in [5.74, 6) is -5.94. The summed E-state index contributed by atoms with van der Waals surface area (Å²) in [5, 5.41) is 71.9. The maximum absolute atomic E-state index is 14.5. The Labute approximate surface area is 468 Å². The number of ether oxygens (including phenoxy) is 10. The Morgan fingerprint density at radius 3 is 2.16 bits per heavy atom. The number of carboxylic acid groups (broad SMARTS) is 1. The summed E-state index contributed by atoms with van der Waals surface area (Å²) in [6.07, 6.45) is -7.42. The van der Waals surface area contributed by atoms with E-state index in [0.29, 0.717) is 23.1 Å². The predicted molar refractivity (Wildman–Crippen MR) is 290 cm³/mol. The maximum Gasteiger partial charge on any atom is 0.341 e. The number of aromatic nitrogens is 1. The molecule has 1 saturated carbocycles. The molecule has 0 unspecified atom stereocenters. The number of rotatable bonds is 20. The largest absolute Gasteiger partial charge is 0.491 e. The molecular weight excluding hydrogens is 1050 g/mol. The van der Waals surface area contributed by atoms with E-state index in [2.05, 4.69) is 5.16 Å². The van der Waals surface area contributed by atoms with Gasteiger partial charge in [0.05, 0.1) is 86.1 Å². The van der Waals surface area contributed by atoms with Gasteiger partial charge in [0.1, 0.15) is 41.3 Å². The van der Waals surface area contributed by atoms with E-state index >= 15 is 0 Å². The first-order valence-electron chi connectivity index (χ1n) is 28.1. The zero-order valence-electron chi connectivity index (χ0n) is 48.8. The van der Waals surface area contributed by atoms with Gasteiger partial charge in [-0.25, -0.2) is 4.79 Å². The normalized spacial score (nSPS) is 37.3. The van der Waals surface area contributed by atoms with Crippen LogP contribution in [0.25, 0.3) is 10.9 Å². The van der Waals surface area contributed by atoms with E-state index in [-0.39, 0.29) is 88.2 Å². The van der Waals surface area contributed by atoms with Gasteiger partial charge in [0, 0.05) is 61.0 Å². The number of oxime groups is 1. The number of carboxylic acids is 1. The lowest BCUT2D eigenvalue weighted by Crippen LogP contribution is -2.61. The van der Waals surface area contributed by atoms with Crippen molar-refractivity contribution in [1.29, 1.82) is 0 Å². The molecule has 4 aliphatic rings. The molecule has 1 aromatic heterocycles. The van der Waals surface area contributed by atoms with Crippen molar-refractivity contribution < 1.29 is 92.5 Å². The molecule has 80 heavy (non-hydrogen) atoms. The summed E-state index contributed by atoms with van der Waals surface area (Å²) in [6.45, 7) is 17.3. The van der Waals surface area contributed by atoms with Crippen LogP contribution in [0.5, 0.6) is 5.75 Å². The van der Waals surface area contributed by atoms with Gasteiger partial charge in [-0.3, -0.25) is 14.4 Å². The molecule has 0 radical (unpaired) electrons. The maximum atomic E-state index is 14.5. The van der Waals surface area contributed by atoms with Gasteiger partial charge >= 0.3 is 17.9 Å². The van der Waals surface area contributed by atoms with Crippen molar-refractivity contribution in [2.75, 3.05) is 54.2 Å². The van der Waals surface area contributed by atoms with Crippen LogP contribution >= 0.6 is 0 Å². The van der Waals surface area contributed by atoms with Crippen LogP contribution in [0.15, 0.2) is 34.3 Å². The average Bonchev–Trinajstić information content (AvgIpc) is 4.25. The fraction of sp³-hybridized carbons (Fsp3) is 0.772. The number of likely N-dealkylation sites (N-methyl/N-ethyl adjacent to an activating group) is 1. The molecule has 23 heteroatoms. The van der Waals surface area contributed by atoms with Crippen molar-refractivity contribution in [3.05, 3.63) is 40.2 Å². The second-order valence-electron chi connectivity index (χ2n) is 23.4. The third-order valence-corrected chi connectivity index (χ3v) is 16.7. The predicted octanol–water partition coefficient (Wildman–Crippen LogP) is 4.45. The van der Waals surface area contributed by atoms with Crippen LogP contribution in [-0.4, -0.2) is 202 Å². The minimum Gasteiger partial charge on any atom is -0.491 e. The number of nitrogens with zero attached hydrogens (tertiary/aromatic N) is 3. The number of fused-ring (bicyclic) bond motifs is 1. The van der Waals surface area contributed by atoms with Crippen LogP contribution < -0.4 is 10.2 Å². The molecule has 4 fully saturated rings. The smallest absolute Gasteiger partial charge is 0.341 e. The Kier molecular flexibility index (Phi) is 22.2. The van der Waals surface area contributed by atoms with Crippen LogP contribution in [0, 0.1) is 23.7 Å². The highest BCUT2D eigenvalue weighted by Crippen LogP contribution is 2.42. The molecule has 452 valence electrons. The number of aliphatic hydroxyl groups excluding tert-OH is 2. The second kappa shape index (κ2) is 27.3. The molecule has 4 heterocycles. The van der Waals surface area contributed by atoms with Crippen molar-refractivity contribution in [1.82, 2.24) is 9.47 Å². The lowest BCUT2D eigenvalue weighted by Gasteiger charge is -2.49. The van der Waals surface area contributed by atoms with Gasteiger partial charge in [-0.1, -0.05) is 32.9 Å². The third kappa shape index (κ3) is 15.1. The number of carbonyl (C=O) groups is 3. The van der Waals surface area contributed by atoms with Gasteiger partial charge in [-0.2, -0.15) is 0 Å². The Morgan fingerprint density at radius 2 is 1.55 bits per heavy atom. The van der Waals surface area contributed by atoms with E-state index in [4.69, 9.17) is 47.4 Å². The number of esters is 2. The second-order valence-corrected chi connectivity index (χ2v) is 23.4. The Bertz CT molecular complexity index is 2500. The summed E-state index contributed by atoms with van der Waals surface area (Å²) < 4.78 is 63.4. The molecule has 1 aromatic carbocycles. The van der Waals surface area contributed by atoms with Crippen LogP contribution in [-0.2, 0) is 52.2 Å². The minimum absolute atomic E-state index is 0.0114. The number of aromatic carboxylic acids is 1. The third-order valence-electron chi connectivity index (χ3n) is 16.7. The summed E-state index contributed by atoms with van der Waals surface area (Å²) in [4.78, 5) is 54.3. The molecule has 6 rings (SSSR count). The molecule has 1 aliphatic carbocycles. The minimum atomic E-state index is -2.04. The fourth-order valence-electron chi connectivity index (χ4n) is 11.9. The molecule has 23 nitrogen and oxygen atoms in total. The molecule has 0 amide bonds.